The maximum atomic E-state index is 5.40. The smallest absolute Gasteiger partial charge is 0.154 e. The van der Waals surface area contributed by atoms with Gasteiger partial charge in [-0.3, -0.25) is 10.4 Å². The molecule has 1 aromatic heterocycles. The average Bonchev–Trinajstić information content (AvgIpc) is 2.69. The van der Waals surface area contributed by atoms with Gasteiger partial charge in [-0.1, -0.05) is 90.7 Å². The summed E-state index contributed by atoms with van der Waals surface area (Å²) in [6, 6.07) is 26.0. The molecule has 3 aromatic rings. The summed E-state index contributed by atoms with van der Waals surface area (Å²) in [5.41, 5.74) is 6.78. The second-order valence-electron chi connectivity index (χ2n) is 5.21. The van der Waals surface area contributed by atoms with E-state index in [2.05, 4.69) is 27.6 Å². The van der Waals surface area contributed by atoms with Gasteiger partial charge in [-0.05, 0) is 17.7 Å². The lowest BCUT2D eigenvalue weighted by Gasteiger charge is -2.08. The van der Waals surface area contributed by atoms with E-state index in [0.29, 0.717) is 4.32 Å². The Balaban J connectivity index is 1.72. The number of pyridine rings is 1. The number of hydrogen-bond acceptors (Lipinski definition) is 4. The average molecular weight is 364 g/mol. The molecule has 0 bridgehead atoms. The maximum Gasteiger partial charge on any atom is 0.154 e. The summed E-state index contributed by atoms with van der Waals surface area (Å²) >= 11 is 6.95. The molecule has 124 valence electrons. The van der Waals surface area contributed by atoms with Crippen molar-refractivity contribution in [3.63, 3.8) is 0 Å². The first-order chi connectivity index (χ1) is 12.3. The predicted octanol–water partition coefficient (Wildman–Crippen LogP) is 4.64. The topological polar surface area (TPSA) is 37.3 Å². The molecule has 2 aromatic carbocycles. The lowest BCUT2D eigenvalue weighted by atomic mass is 10.1. The fourth-order valence-electron chi connectivity index (χ4n) is 2.23. The van der Waals surface area contributed by atoms with Crippen LogP contribution in [-0.2, 0) is 5.75 Å². The standard InChI is InChI=1S/C20H17N3S2/c24-20(25-15-16-9-3-1-4-10-16)23-22-19(17-11-5-2-6-12-17)18-13-7-8-14-21-18/h1-14H,15H2,(H,23,24)/b22-19-. The number of hydrazone groups is 1. The van der Waals surface area contributed by atoms with Gasteiger partial charge >= 0.3 is 0 Å². The molecule has 0 atom stereocenters. The number of hydrogen-bond donors (Lipinski definition) is 1. The molecular weight excluding hydrogens is 346 g/mol. The van der Waals surface area contributed by atoms with Gasteiger partial charge in [-0.25, -0.2) is 0 Å². The molecule has 0 aliphatic rings. The maximum absolute atomic E-state index is 5.40. The van der Waals surface area contributed by atoms with Crippen LogP contribution in [-0.4, -0.2) is 15.0 Å². The third kappa shape index (κ3) is 5.24. The van der Waals surface area contributed by atoms with E-state index in [-0.39, 0.29) is 0 Å². The van der Waals surface area contributed by atoms with Crippen molar-refractivity contribution in [2.24, 2.45) is 5.10 Å². The number of thioether (sulfide) groups is 1. The van der Waals surface area contributed by atoms with Crippen LogP contribution in [0.1, 0.15) is 16.8 Å². The van der Waals surface area contributed by atoms with Crippen molar-refractivity contribution in [2.75, 3.05) is 0 Å². The van der Waals surface area contributed by atoms with E-state index in [1.807, 2.05) is 66.7 Å². The van der Waals surface area contributed by atoms with Gasteiger partial charge in [0.2, 0.25) is 0 Å². The first-order valence-corrected chi connectivity index (χ1v) is 9.23. The Morgan fingerprint density at radius 2 is 1.60 bits per heavy atom. The summed E-state index contributed by atoms with van der Waals surface area (Å²) < 4.78 is 0.633. The SMILES string of the molecule is S=C(N/N=C(/c1ccccc1)c1ccccn1)SCc1ccccc1. The van der Waals surface area contributed by atoms with Gasteiger partial charge < -0.3 is 0 Å². The monoisotopic (exact) mass is 363 g/mol. The molecule has 0 saturated heterocycles. The molecule has 3 rings (SSSR count). The molecular formula is C20H17N3S2. The van der Waals surface area contributed by atoms with Gasteiger partial charge in [0.15, 0.2) is 4.32 Å². The van der Waals surface area contributed by atoms with Gasteiger partial charge in [0.05, 0.1) is 5.69 Å². The molecule has 25 heavy (non-hydrogen) atoms. The summed E-state index contributed by atoms with van der Waals surface area (Å²) in [4.78, 5) is 4.41. The lowest BCUT2D eigenvalue weighted by Crippen LogP contribution is -2.17. The van der Waals surface area contributed by atoms with E-state index in [1.165, 1.54) is 5.56 Å². The Hall–Kier alpha value is -2.50. The van der Waals surface area contributed by atoms with E-state index in [1.54, 1.807) is 18.0 Å². The third-order valence-electron chi connectivity index (χ3n) is 3.43. The van der Waals surface area contributed by atoms with Gasteiger partial charge in [-0.15, -0.1) is 0 Å². The molecule has 0 aliphatic heterocycles. The van der Waals surface area contributed by atoms with E-state index < -0.39 is 0 Å². The molecule has 0 radical (unpaired) electrons. The Labute approximate surface area is 157 Å². The van der Waals surface area contributed by atoms with E-state index in [9.17, 15) is 0 Å². The van der Waals surface area contributed by atoms with Crippen LogP contribution < -0.4 is 5.43 Å². The minimum absolute atomic E-state index is 0.633. The normalized spacial score (nSPS) is 11.1. The predicted molar refractivity (Wildman–Crippen MR) is 110 cm³/mol. The van der Waals surface area contributed by atoms with Gasteiger partial charge in [0.1, 0.15) is 5.71 Å². The first kappa shape index (κ1) is 17.3. The summed E-state index contributed by atoms with van der Waals surface area (Å²) in [6.07, 6.45) is 1.76. The van der Waals surface area contributed by atoms with E-state index >= 15 is 0 Å². The number of nitrogens with zero attached hydrogens (tertiary/aromatic N) is 2. The number of nitrogens with one attached hydrogen (secondary N) is 1. The van der Waals surface area contributed by atoms with Crippen LogP contribution in [0.15, 0.2) is 90.2 Å². The fourth-order valence-corrected chi connectivity index (χ4v) is 3.05. The zero-order valence-corrected chi connectivity index (χ0v) is 15.1. The van der Waals surface area contributed by atoms with Crippen LogP contribution in [0.4, 0.5) is 0 Å². The summed E-state index contributed by atoms with van der Waals surface area (Å²) in [6.45, 7) is 0. The van der Waals surface area contributed by atoms with Crippen molar-refractivity contribution in [2.45, 2.75) is 5.75 Å². The van der Waals surface area contributed by atoms with Crippen molar-refractivity contribution in [3.05, 3.63) is 102 Å². The third-order valence-corrected chi connectivity index (χ3v) is 4.70. The second-order valence-corrected chi connectivity index (χ2v) is 6.87. The van der Waals surface area contributed by atoms with Crippen LogP contribution in [0.3, 0.4) is 0 Å². The number of aromatic nitrogens is 1. The van der Waals surface area contributed by atoms with E-state index in [0.717, 1.165) is 22.7 Å². The van der Waals surface area contributed by atoms with Crippen molar-refractivity contribution in [1.82, 2.24) is 10.4 Å². The highest BCUT2D eigenvalue weighted by Crippen LogP contribution is 2.13. The number of thiocarbonyl (C=S) groups is 1. The number of rotatable bonds is 5. The molecule has 0 saturated carbocycles. The zero-order valence-electron chi connectivity index (χ0n) is 13.5. The zero-order chi connectivity index (χ0) is 17.3. The van der Waals surface area contributed by atoms with Crippen LogP contribution in [0.5, 0.6) is 0 Å². The first-order valence-electron chi connectivity index (χ1n) is 7.84. The van der Waals surface area contributed by atoms with Crippen LogP contribution in [0.2, 0.25) is 0 Å². The quantitative estimate of drug-likeness (QED) is 0.407. The highest BCUT2D eigenvalue weighted by molar-refractivity contribution is 8.22. The second kappa shape index (κ2) is 9.11. The molecule has 0 aliphatic carbocycles. The van der Waals surface area contributed by atoms with E-state index in [4.69, 9.17) is 12.2 Å². The fraction of sp³-hybridized carbons (Fsp3) is 0.0500. The van der Waals surface area contributed by atoms with Crippen LogP contribution in [0, 0.1) is 0 Å². The Kier molecular flexibility index (Phi) is 6.31. The Morgan fingerprint density at radius 1 is 0.920 bits per heavy atom. The molecule has 0 fully saturated rings. The minimum Gasteiger partial charge on any atom is -0.262 e. The van der Waals surface area contributed by atoms with Crippen LogP contribution >= 0.6 is 24.0 Å². The molecule has 1 heterocycles. The van der Waals surface area contributed by atoms with Crippen molar-refractivity contribution < 1.29 is 0 Å². The van der Waals surface area contributed by atoms with Gasteiger partial charge in [0.25, 0.3) is 0 Å². The molecule has 1 N–H and O–H groups in total. The van der Waals surface area contributed by atoms with Crippen LogP contribution in [0.25, 0.3) is 0 Å². The van der Waals surface area contributed by atoms with Crippen molar-refractivity contribution >= 4 is 34.0 Å². The van der Waals surface area contributed by atoms with Gasteiger partial charge in [0, 0.05) is 17.5 Å². The summed E-state index contributed by atoms with van der Waals surface area (Å²) in [7, 11) is 0. The highest BCUT2D eigenvalue weighted by atomic mass is 32.2. The van der Waals surface area contributed by atoms with Crippen molar-refractivity contribution in [3.8, 4) is 0 Å². The Bertz CT molecular complexity index is 793. The lowest BCUT2D eigenvalue weighted by molar-refractivity contribution is 1.05. The molecule has 3 nitrogen and oxygen atoms in total. The molecule has 0 amide bonds. The summed E-state index contributed by atoms with van der Waals surface area (Å²) in [5, 5.41) is 4.52. The Morgan fingerprint density at radius 3 is 2.28 bits per heavy atom. The van der Waals surface area contributed by atoms with Crippen molar-refractivity contribution in [1.29, 1.82) is 0 Å². The molecule has 5 heteroatoms. The highest BCUT2D eigenvalue weighted by Gasteiger charge is 2.08. The number of benzene rings is 2. The molecule has 0 spiro atoms. The van der Waals surface area contributed by atoms with Gasteiger partial charge in [-0.2, -0.15) is 5.10 Å². The summed E-state index contributed by atoms with van der Waals surface area (Å²) in [5.74, 6) is 0.812. The largest absolute Gasteiger partial charge is 0.262 e. The molecule has 0 unspecified atom stereocenters. The minimum atomic E-state index is 0.633.